The predicted octanol–water partition coefficient (Wildman–Crippen LogP) is 3.96. The van der Waals surface area contributed by atoms with E-state index in [4.69, 9.17) is 9.97 Å². The van der Waals surface area contributed by atoms with Crippen LogP contribution in [-0.2, 0) is 0 Å². The molecule has 0 spiro atoms. The topological polar surface area (TPSA) is 56.7 Å². The van der Waals surface area contributed by atoms with Crippen molar-refractivity contribution in [2.24, 2.45) is 5.10 Å². The van der Waals surface area contributed by atoms with E-state index in [-0.39, 0.29) is 0 Å². The van der Waals surface area contributed by atoms with E-state index in [1.807, 2.05) is 24.4 Å². The summed E-state index contributed by atoms with van der Waals surface area (Å²) in [6.45, 7) is 4.24. The SMILES string of the molecule is C(=N/Nc1cc(N2CCCCC2)nc(N2CCCCC2)n1)/c1cccs1. The first-order valence-corrected chi connectivity index (χ1v) is 10.5. The van der Waals surface area contributed by atoms with Crippen molar-refractivity contribution in [3.05, 3.63) is 28.5 Å². The molecule has 138 valence electrons. The number of piperidine rings is 2. The van der Waals surface area contributed by atoms with E-state index >= 15 is 0 Å². The van der Waals surface area contributed by atoms with Gasteiger partial charge >= 0.3 is 0 Å². The predicted molar refractivity (Wildman–Crippen MR) is 110 cm³/mol. The zero-order valence-electron chi connectivity index (χ0n) is 15.1. The lowest BCUT2D eigenvalue weighted by molar-refractivity contribution is 0.561. The number of aromatic nitrogens is 2. The molecular formula is C19H26N6S. The van der Waals surface area contributed by atoms with Crippen LogP contribution in [-0.4, -0.2) is 42.4 Å². The fourth-order valence-corrected chi connectivity index (χ4v) is 4.11. The van der Waals surface area contributed by atoms with Crippen LogP contribution in [0.4, 0.5) is 17.6 Å². The van der Waals surface area contributed by atoms with Crippen molar-refractivity contribution in [2.45, 2.75) is 38.5 Å². The normalized spacial score (nSPS) is 18.5. The lowest BCUT2D eigenvalue weighted by Gasteiger charge is -2.31. The number of nitrogens with zero attached hydrogens (tertiary/aromatic N) is 5. The highest BCUT2D eigenvalue weighted by molar-refractivity contribution is 7.11. The van der Waals surface area contributed by atoms with Crippen LogP contribution >= 0.6 is 11.3 Å². The van der Waals surface area contributed by atoms with Crippen LogP contribution in [0.5, 0.6) is 0 Å². The Morgan fingerprint density at radius 2 is 1.69 bits per heavy atom. The summed E-state index contributed by atoms with van der Waals surface area (Å²) in [5, 5.41) is 6.42. The Bertz CT molecular complexity index is 681. The fourth-order valence-electron chi connectivity index (χ4n) is 3.53. The number of nitrogens with one attached hydrogen (secondary N) is 1. The Kier molecular flexibility index (Phi) is 5.64. The Morgan fingerprint density at radius 3 is 2.38 bits per heavy atom. The average molecular weight is 371 g/mol. The largest absolute Gasteiger partial charge is 0.356 e. The number of anilines is 3. The van der Waals surface area contributed by atoms with E-state index in [9.17, 15) is 0 Å². The Hall–Kier alpha value is -2.15. The molecule has 2 aromatic rings. The highest BCUT2D eigenvalue weighted by Crippen LogP contribution is 2.25. The summed E-state index contributed by atoms with van der Waals surface area (Å²) in [7, 11) is 0. The standard InChI is InChI=1S/C19H26N6S/c1-3-9-24(10-4-1)18-14-17(23-20-15-16-8-7-13-26-16)21-19(22-18)25-11-5-2-6-12-25/h7-8,13-15H,1-6,9-12H2,(H,21,22,23)/b20-15-. The molecule has 0 radical (unpaired) electrons. The van der Waals surface area contributed by atoms with Crippen LogP contribution in [0.1, 0.15) is 43.4 Å². The van der Waals surface area contributed by atoms with E-state index in [0.717, 1.165) is 48.6 Å². The second-order valence-electron chi connectivity index (χ2n) is 6.89. The summed E-state index contributed by atoms with van der Waals surface area (Å²) in [5.74, 6) is 2.63. The van der Waals surface area contributed by atoms with Gasteiger partial charge < -0.3 is 9.80 Å². The van der Waals surface area contributed by atoms with Gasteiger partial charge in [0, 0.05) is 37.1 Å². The van der Waals surface area contributed by atoms with Gasteiger partial charge in [-0.05, 0) is 50.0 Å². The van der Waals surface area contributed by atoms with Crippen LogP contribution in [0.3, 0.4) is 0 Å². The molecule has 26 heavy (non-hydrogen) atoms. The van der Waals surface area contributed by atoms with E-state index in [0.29, 0.717) is 0 Å². The maximum Gasteiger partial charge on any atom is 0.229 e. The summed E-state index contributed by atoms with van der Waals surface area (Å²) >= 11 is 1.67. The molecule has 0 amide bonds. The molecule has 2 aliphatic heterocycles. The lowest BCUT2D eigenvalue weighted by atomic mass is 10.1. The van der Waals surface area contributed by atoms with Gasteiger partial charge in [-0.15, -0.1) is 11.3 Å². The molecule has 0 bridgehead atoms. The van der Waals surface area contributed by atoms with Crippen molar-refractivity contribution in [1.29, 1.82) is 0 Å². The van der Waals surface area contributed by atoms with Crippen LogP contribution in [0.25, 0.3) is 0 Å². The molecule has 2 aliphatic rings. The van der Waals surface area contributed by atoms with Crippen molar-refractivity contribution in [3.63, 3.8) is 0 Å². The molecule has 2 aromatic heterocycles. The molecule has 2 saturated heterocycles. The first-order valence-electron chi connectivity index (χ1n) is 9.60. The maximum atomic E-state index is 4.89. The third-order valence-electron chi connectivity index (χ3n) is 4.93. The van der Waals surface area contributed by atoms with Gasteiger partial charge in [0.15, 0.2) is 5.82 Å². The van der Waals surface area contributed by atoms with E-state index in [1.165, 1.54) is 38.5 Å². The molecule has 0 atom stereocenters. The third-order valence-corrected chi connectivity index (χ3v) is 5.74. The molecule has 7 heteroatoms. The van der Waals surface area contributed by atoms with Gasteiger partial charge in [0.1, 0.15) is 5.82 Å². The minimum Gasteiger partial charge on any atom is -0.356 e. The highest BCUT2D eigenvalue weighted by Gasteiger charge is 2.19. The third kappa shape index (κ3) is 4.33. The van der Waals surface area contributed by atoms with Gasteiger partial charge in [0.25, 0.3) is 0 Å². The van der Waals surface area contributed by atoms with Crippen LogP contribution in [0.15, 0.2) is 28.7 Å². The molecule has 1 N–H and O–H groups in total. The minimum atomic E-state index is 0.772. The molecule has 2 fully saturated rings. The molecule has 0 aliphatic carbocycles. The van der Waals surface area contributed by atoms with E-state index < -0.39 is 0 Å². The van der Waals surface area contributed by atoms with Gasteiger partial charge in [-0.2, -0.15) is 15.1 Å². The van der Waals surface area contributed by atoms with Gasteiger partial charge in [-0.25, -0.2) is 0 Å². The fraction of sp³-hybridized carbons (Fsp3) is 0.526. The lowest BCUT2D eigenvalue weighted by Crippen LogP contribution is -2.33. The summed E-state index contributed by atoms with van der Waals surface area (Å²) in [4.78, 5) is 15.4. The summed E-state index contributed by atoms with van der Waals surface area (Å²) in [5.41, 5.74) is 3.11. The van der Waals surface area contributed by atoms with Crippen LogP contribution in [0, 0.1) is 0 Å². The Labute approximate surface area is 159 Å². The van der Waals surface area contributed by atoms with Crippen molar-refractivity contribution < 1.29 is 0 Å². The number of thiophene rings is 1. The minimum absolute atomic E-state index is 0.772. The summed E-state index contributed by atoms with van der Waals surface area (Å²) in [6, 6.07) is 6.11. The highest BCUT2D eigenvalue weighted by atomic mass is 32.1. The monoisotopic (exact) mass is 370 g/mol. The van der Waals surface area contributed by atoms with Gasteiger partial charge in [-0.1, -0.05) is 6.07 Å². The molecule has 4 heterocycles. The van der Waals surface area contributed by atoms with E-state index in [2.05, 4.69) is 25.7 Å². The molecule has 6 nitrogen and oxygen atoms in total. The first-order chi connectivity index (χ1) is 12.9. The molecule has 0 saturated carbocycles. The second kappa shape index (κ2) is 8.49. The van der Waals surface area contributed by atoms with Crippen molar-refractivity contribution in [2.75, 3.05) is 41.4 Å². The summed E-state index contributed by atoms with van der Waals surface area (Å²) in [6.07, 6.45) is 9.38. The molecule has 0 aromatic carbocycles. The van der Waals surface area contributed by atoms with Crippen LogP contribution < -0.4 is 15.2 Å². The summed E-state index contributed by atoms with van der Waals surface area (Å²) < 4.78 is 0. The van der Waals surface area contributed by atoms with Crippen molar-refractivity contribution >= 4 is 35.1 Å². The van der Waals surface area contributed by atoms with E-state index in [1.54, 1.807) is 11.3 Å². The molecule has 4 rings (SSSR count). The van der Waals surface area contributed by atoms with Gasteiger partial charge in [0.2, 0.25) is 5.95 Å². The zero-order valence-corrected chi connectivity index (χ0v) is 15.9. The number of rotatable bonds is 5. The second-order valence-corrected chi connectivity index (χ2v) is 7.87. The first kappa shape index (κ1) is 17.3. The van der Waals surface area contributed by atoms with Gasteiger partial charge in [0.05, 0.1) is 6.21 Å². The smallest absolute Gasteiger partial charge is 0.229 e. The van der Waals surface area contributed by atoms with Crippen molar-refractivity contribution in [3.8, 4) is 0 Å². The number of hydrazone groups is 1. The maximum absolute atomic E-state index is 4.89. The molecule has 0 unspecified atom stereocenters. The van der Waals surface area contributed by atoms with Crippen LogP contribution in [0.2, 0.25) is 0 Å². The zero-order chi connectivity index (χ0) is 17.6. The Balaban J connectivity index is 1.56. The molecular weight excluding hydrogens is 344 g/mol. The van der Waals surface area contributed by atoms with Crippen molar-refractivity contribution in [1.82, 2.24) is 9.97 Å². The average Bonchev–Trinajstić information content (AvgIpc) is 3.23. The quantitative estimate of drug-likeness (QED) is 0.638. The number of hydrogen-bond acceptors (Lipinski definition) is 7. The Morgan fingerprint density at radius 1 is 0.962 bits per heavy atom. The number of hydrogen-bond donors (Lipinski definition) is 1. The van der Waals surface area contributed by atoms with Gasteiger partial charge in [-0.3, -0.25) is 5.43 Å².